The van der Waals surface area contributed by atoms with Gasteiger partial charge in [0.25, 0.3) is 5.91 Å². The molecular formula is C17H27BrN2O3. The van der Waals surface area contributed by atoms with Crippen LogP contribution in [0.25, 0.3) is 0 Å². The van der Waals surface area contributed by atoms with Crippen LogP contribution >= 0.6 is 15.9 Å². The standard InChI is InChI=1S/C17H27BrN2O3/c1-2-3-4-14(18)16(21)20(19-17(22)23)15-12-6-10-5-11(8-12)9-13(15)7-10/h10-15,19H,2-9H2,1H3,(H,22,23). The first-order chi connectivity index (χ1) is 11.0. The summed E-state index contributed by atoms with van der Waals surface area (Å²) in [4.78, 5) is 23.8. The molecule has 0 spiro atoms. The lowest BCUT2D eigenvalue weighted by atomic mass is 9.54. The minimum Gasteiger partial charge on any atom is -0.464 e. The number of hydrogen-bond acceptors (Lipinski definition) is 2. The van der Waals surface area contributed by atoms with Crippen LogP contribution in [0.3, 0.4) is 0 Å². The van der Waals surface area contributed by atoms with Gasteiger partial charge in [0.1, 0.15) is 0 Å². The van der Waals surface area contributed by atoms with E-state index < -0.39 is 6.09 Å². The fourth-order valence-electron chi connectivity index (χ4n) is 5.36. The van der Waals surface area contributed by atoms with Crippen molar-refractivity contribution >= 4 is 27.9 Å². The van der Waals surface area contributed by atoms with Crippen LogP contribution in [0.4, 0.5) is 4.79 Å². The van der Waals surface area contributed by atoms with Crippen molar-refractivity contribution in [2.24, 2.45) is 23.7 Å². The highest BCUT2D eigenvalue weighted by Gasteiger charge is 2.52. The van der Waals surface area contributed by atoms with E-state index in [1.165, 1.54) is 11.4 Å². The number of carbonyl (C=O) groups is 2. The van der Waals surface area contributed by atoms with Gasteiger partial charge < -0.3 is 5.11 Å². The third-order valence-electron chi connectivity index (χ3n) is 6.01. The van der Waals surface area contributed by atoms with Crippen LogP contribution in [0.1, 0.15) is 58.3 Å². The van der Waals surface area contributed by atoms with Crippen LogP contribution in [0.2, 0.25) is 0 Å². The molecule has 0 aromatic carbocycles. The van der Waals surface area contributed by atoms with Gasteiger partial charge >= 0.3 is 6.09 Å². The van der Waals surface area contributed by atoms with E-state index in [1.54, 1.807) is 0 Å². The molecule has 0 heterocycles. The molecule has 0 aromatic rings. The molecule has 5 nitrogen and oxygen atoms in total. The topological polar surface area (TPSA) is 69.6 Å². The summed E-state index contributed by atoms with van der Waals surface area (Å²) >= 11 is 3.48. The number of carboxylic acid groups (broad SMARTS) is 1. The van der Waals surface area contributed by atoms with Gasteiger partial charge in [-0.25, -0.2) is 15.2 Å². The average molecular weight is 387 g/mol. The Hall–Kier alpha value is -0.780. The van der Waals surface area contributed by atoms with E-state index in [1.807, 2.05) is 0 Å². The highest BCUT2D eigenvalue weighted by atomic mass is 79.9. The van der Waals surface area contributed by atoms with Crippen LogP contribution in [-0.2, 0) is 4.79 Å². The zero-order valence-corrected chi connectivity index (χ0v) is 15.3. The van der Waals surface area contributed by atoms with Crippen LogP contribution in [-0.4, -0.2) is 33.0 Å². The van der Waals surface area contributed by atoms with Crippen LogP contribution < -0.4 is 5.43 Å². The summed E-state index contributed by atoms with van der Waals surface area (Å²) in [5, 5.41) is 10.7. The van der Waals surface area contributed by atoms with E-state index >= 15 is 0 Å². The molecule has 130 valence electrons. The fraction of sp³-hybridized carbons (Fsp3) is 0.882. The summed E-state index contributed by atoms with van der Waals surface area (Å²) in [7, 11) is 0. The largest absolute Gasteiger partial charge is 0.464 e. The van der Waals surface area contributed by atoms with Gasteiger partial charge in [-0.15, -0.1) is 0 Å². The van der Waals surface area contributed by atoms with Gasteiger partial charge in [0, 0.05) is 0 Å². The molecule has 4 rings (SSSR count). The second kappa shape index (κ2) is 6.99. The molecule has 1 unspecified atom stereocenters. The molecule has 6 heteroatoms. The third-order valence-corrected chi connectivity index (χ3v) is 6.86. The van der Waals surface area contributed by atoms with Gasteiger partial charge in [-0.05, 0) is 62.2 Å². The minimum atomic E-state index is -1.14. The number of alkyl halides is 1. The maximum absolute atomic E-state index is 12.9. The highest BCUT2D eigenvalue weighted by Crippen LogP contribution is 2.55. The van der Waals surface area contributed by atoms with E-state index in [-0.39, 0.29) is 16.8 Å². The molecule has 4 aliphatic rings. The normalized spacial score (nSPS) is 35.8. The van der Waals surface area contributed by atoms with Crippen molar-refractivity contribution in [3.63, 3.8) is 0 Å². The smallest absolute Gasteiger partial charge is 0.423 e. The van der Waals surface area contributed by atoms with Crippen LogP contribution in [0.5, 0.6) is 0 Å². The number of rotatable bonds is 5. The predicted octanol–water partition coefficient (Wildman–Crippen LogP) is 3.78. The number of hydrazine groups is 1. The average Bonchev–Trinajstić information content (AvgIpc) is 2.49. The molecule has 2 N–H and O–H groups in total. The maximum Gasteiger partial charge on any atom is 0.423 e. The van der Waals surface area contributed by atoms with Crippen molar-refractivity contribution < 1.29 is 14.7 Å². The monoisotopic (exact) mass is 386 g/mol. The second-order valence-electron chi connectivity index (χ2n) is 7.66. The van der Waals surface area contributed by atoms with Crippen molar-refractivity contribution in [2.75, 3.05) is 0 Å². The molecule has 23 heavy (non-hydrogen) atoms. The van der Waals surface area contributed by atoms with Gasteiger partial charge in [0.15, 0.2) is 0 Å². The SMILES string of the molecule is CCCCC(Br)C(=O)N(NC(=O)O)C1C2CC3CC(C2)CC1C3. The van der Waals surface area contributed by atoms with Gasteiger partial charge in [-0.2, -0.15) is 0 Å². The molecule has 0 radical (unpaired) electrons. The van der Waals surface area contributed by atoms with Crippen LogP contribution in [0, 0.1) is 23.7 Å². The van der Waals surface area contributed by atoms with Crippen molar-refractivity contribution in [1.82, 2.24) is 10.4 Å². The zero-order valence-electron chi connectivity index (χ0n) is 13.7. The van der Waals surface area contributed by atoms with Crippen molar-refractivity contribution in [2.45, 2.75) is 69.2 Å². The van der Waals surface area contributed by atoms with E-state index in [4.69, 9.17) is 0 Å². The van der Waals surface area contributed by atoms with E-state index in [2.05, 4.69) is 28.3 Å². The number of unbranched alkanes of at least 4 members (excludes halogenated alkanes) is 1. The Morgan fingerprint density at radius 2 is 1.74 bits per heavy atom. The summed E-state index contributed by atoms with van der Waals surface area (Å²) in [5.74, 6) is 2.42. The van der Waals surface area contributed by atoms with Gasteiger partial charge in [0.2, 0.25) is 0 Å². The minimum absolute atomic E-state index is 0.0491. The lowest BCUT2D eigenvalue weighted by Crippen LogP contribution is -2.63. The number of hydrogen-bond donors (Lipinski definition) is 2. The summed E-state index contributed by atoms with van der Waals surface area (Å²) in [6.07, 6.45) is 7.58. The third kappa shape index (κ3) is 3.52. The molecule has 4 bridgehead atoms. The first kappa shape index (κ1) is 17.1. The number of carbonyl (C=O) groups excluding carboxylic acids is 1. The summed E-state index contributed by atoms with van der Waals surface area (Å²) < 4.78 is 0. The Balaban J connectivity index is 1.76. The predicted molar refractivity (Wildman–Crippen MR) is 91.1 cm³/mol. The molecule has 0 aromatic heterocycles. The van der Waals surface area contributed by atoms with E-state index in [0.29, 0.717) is 11.8 Å². The molecule has 4 saturated carbocycles. The zero-order chi connectivity index (χ0) is 16.6. The second-order valence-corrected chi connectivity index (χ2v) is 8.76. The lowest BCUT2D eigenvalue weighted by Gasteiger charge is -2.56. The quantitative estimate of drug-likeness (QED) is 0.557. The molecule has 0 saturated heterocycles. The fourth-order valence-corrected chi connectivity index (χ4v) is 5.90. The van der Waals surface area contributed by atoms with Crippen molar-refractivity contribution in [1.29, 1.82) is 0 Å². The van der Waals surface area contributed by atoms with E-state index in [9.17, 15) is 14.7 Å². The molecule has 4 fully saturated rings. The Morgan fingerprint density at radius 3 is 2.22 bits per heavy atom. The first-order valence-electron chi connectivity index (χ1n) is 8.96. The molecule has 0 aliphatic heterocycles. The molecular weight excluding hydrogens is 360 g/mol. The lowest BCUT2D eigenvalue weighted by molar-refractivity contribution is -0.148. The molecule has 1 atom stereocenters. The maximum atomic E-state index is 12.9. The Kier molecular flexibility index (Phi) is 5.19. The highest BCUT2D eigenvalue weighted by molar-refractivity contribution is 9.10. The van der Waals surface area contributed by atoms with Crippen molar-refractivity contribution in [3.8, 4) is 0 Å². The summed E-state index contributed by atoms with van der Waals surface area (Å²) in [6, 6.07) is 0.0491. The van der Waals surface area contributed by atoms with Gasteiger partial charge in [-0.3, -0.25) is 4.79 Å². The van der Waals surface area contributed by atoms with Crippen LogP contribution in [0.15, 0.2) is 0 Å². The van der Waals surface area contributed by atoms with E-state index in [0.717, 1.165) is 56.8 Å². The summed E-state index contributed by atoms with van der Waals surface area (Å²) in [6.45, 7) is 2.09. The number of amides is 2. The Bertz CT molecular complexity index is 443. The summed E-state index contributed by atoms with van der Waals surface area (Å²) in [5.41, 5.74) is 2.44. The Morgan fingerprint density at radius 1 is 1.17 bits per heavy atom. The number of nitrogens with zero attached hydrogens (tertiary/aromatic N) is 1. The Labute approximate surface area is 146 Å². The first-order valence-corrected chi connectivity index (χ1v) is 9.87. The molecule has 4 aliphatic carbocycles. The number of halogens is 1. The van der Waals surface area contributed by atoms with Gasteiger partial charge in [0.05, 0.1) is 10.9 Å². The number of nitrogens with one attached hydrogen (secondary N) is 1. The van der Waals surface area contributed by atoms with Crippen molar-refractivity contribution in [3.05, 3.63) is 0 Å². The molecule has 2 amide bonds. The van der Waals surface area contributed by atoms with Gasteiger partial charge in [-0.1, -0.05) is 35.7 Å².